The van der Waals surface area contributed by atoms with Gasteiger partial charge >= 0.3 is 0 Å². The first-order valence-corrected chi connectivity index (χ1v) is 17.5. The van der Waals surface area contributed by atoms with Crippen LogP contribution in [0.25, 0.3) is 88.6 Å². The lowest BCUT2D eigenvalue weighted by atomic mass is 9.81. The fourth-order valence-corrected chi connectivity index (χ4v) is 8.21. The fourth-order valence-electron chi connectivity index (χ4n) is 8.21. The minimum Gasteiger partial charge on any atom is -0.256 e. The quantitative estimate of drug-likeness (QED) is 0.190. The SMILES string of the molecule is CC1(C)c2cc(-c3ccc(-c4cc(-c5cccc6ncccc56)nc(-c5ccccc5)n4)c4ccccc34)ccc2-c2c1ccc1ccccc21. The van der Waals surface area contributed by atoms with Gasteiger partial charge in [0.1, 0.15) is 0 Å². The Hall–Kier alpha value is -6.45. The predicted molar refractivity (Wildman–Crippen MR) is 212 cm³/mol. The highest BCUT2D eigenvalue weighted by atomic mass is 14.9. The molecule has 10 rings (SSSR count). The van der Waals surface area contributed by atoms with Gasteiger partial charge < -0.3 is 0 Å². The highest BCUT2D eigenvalue weighted by Gasteiger charge is 2.36. The molecule has 0 saturated carbocycles. The van der Waals surface area contributed by atoms with E-state index >= 15 is 0 Å². The first-order valence-electron chi connectivity index (χ1n) is 17.5. The molecule has 0 fully saturated rings. The summed E-state index contributed by atoms with van der Waals surface area (Å²) in [6.07, 6.45) is 1.84. The van der Waals surface area contributed by atoms with Crippen LogP contribution in [0.1, 0.15) is 25.0 Å². The summed E-state index contributed by atoms with van der Waals surface area (Å²) >= 11 is 0. The van der Waals surface area contributed by atoms with E-state index in [1.54, 1.807) is 0 Å². The molecule has 3 nitrogen and oxygen atoms in total. The van der Waals surface area contributed by atoms with E-state index in [0.29, 0.717) is 5.82 Å². The molecule has 0 bridgehead atoms. The van der Waals surface area contributed by atoms with Gasteiger partial charge in [0.2, 0.25) is 0 Å². The topological polar surface area (TPSA) is 38.7 Å². The third kappa shape index (κ3) is 4.62. The first kappa shape index (κ1) is 29.5. The molecular formula is C48H33N3. The average molecular weight is 652 g/mol. The molecule has 240 valence electrons. The summed E-state index contributed by atoms with van der Waals surface area (Å²) in [5.74, 6) is 0.699. The minimum atomic E-state index is -0.108. The average Bonchev–Trinajstić information content (AvgIpc) is 3.43. The summed E-state index contributed by atoms with van der Waals surface area (Å²) in [7, 11) is 0. The Morgan fingerprint density at radius 3 is 1.92 bits per heavy atom. The van der Waals surface area contributed by atoms with Gasteiger partial charge in [-0.2, -0.15) is 0 Å². The normalized spacial score (nSPS) is 13.1. The summed E-state index contributed by atoms with van der Waals surface area (Å²) in [6, 6.07) is 56.4. The van der Waals surface area contributed by atoms with E-state index in [-0.39, 0.29) is 5.41 Å². The number of fused-ring (bicyclic) bond motifs is 7. The Bertz CT molecular complexity index is 2830. The van der Waals surface area contributed by atoms with E-state index in [9.17, 15) is 0 Å². The summed E-state index contributed by atoms with van der Waals surface area (Å²) in [6.45, 7) is 4.72. The Morgan fingerprint density at radius 1 is 0.431 bits per heavy atom. The van der Waals surface area contributed by atoms with Gasteiger partial charge in [0.15, 0.2) is 5.82 Å². The van der Waals surface area contributed by atoms with E-state index < -0.39 is 0 Å². The van der Waals surface area contributed by atoms with Gasteiger partial charge in [-0.25, -0.2) is 9.97 Å². The van der Waals surface area contributed by atoms with Gasteiger partial charge in [0.25, 0.3) is 0 Å². The number of benzene rings is 7. The summed E-state index contributed by atoms with van der Waals surface area (Å²) in [5.41, 5.74) is 13.6. The molecular weight excluding hydrogens is 619 g/mol. The van der Waals surface area contributed by atoms with Crippen LogP contribution in [0.3, 0.4) is 0 Å². The summed E-state index contributed by atoms with van der Waals surface area (Å²) in [4.78, 5) is 15.0. The molecule has 1 aliphatic carbocycles. The van der Waals surface area contributed by atoms with E-state index in [2.05, 4.69) is 146 Å². The number of hydrogen-bond donors (Lipinski definition) is 0. The maximum Gasteiger partial charge on any atom is 0.160 e. The maximum absolute atomic E-state index is 5.22. The van der Waals surface area contributed by atoms with Crippen LogP contribution in [0.15, 0.2) is 164 Å². The lowest BCUT2D eigenvalue weighted by molar-refractivity contribution is 0.661. The second kappa shape index (κ2) is 11.3. The Morgan fingerprint density at radius 2 is 1.10 bits per heavy atom. The highest BCUT2D eigenvalue weighted by Crippen LogP contribution is 2.52. The monoisotopic (exact) mass is 651 g/mol. The standard InChI is InChI=1S/C48H33N3/c1-48(2)41-26-22-30-12-6-7-15-34(30)46(41)40-23-21-32(28-42(40)48)33-24-25-39(36-17-9-8-16-35(33)36)45-29-44(50-47(51-45)31-13-4-3-5-14-31)38-18-10-20-43-37(38)19-11-27-49-43/h3-29H,1-2H3. The number of rotatable bonds is 4. The maximum atomic E-state index is 5.22. The van der Waals surface area contributed by atoms with Gasteiger partial charge in [-0.1, -0.05) is 147 Å². The van der Waals surface area contributed by atoms with Crippen molar-refractivity contribution in [3.05, 3.63) is 175 Å². The van der Waals surface area contributed by atoms with Crippen molar-refractivity contribution in [2.24, 2.45) is 0 Å². The molecule has 0 amide bonds. The molecule has 2 heterocycles. The minimum absolute atomic E-state index is 0.108. The number of pyridine rings is 1. The molecule has 2 aromatic heterocycles. The molecule has 3 heteroatoms. The molecule has 1 aliphatic rings. The first-order chi connectivity index (χ1) is 25.0. The van der Waals surface area contributed by atoms with Crippen LogP contribution >= 0.6 is 0 Å². The van der Waals surface area contributed by atoms with Crippen LogP contribution in [0, 0.1) is 0 Å². The van der Waals surface area contributed by atoms with Gasteiger partial charge in [0.05, 0.1) is 16.9 Å². The molecule has 0 spiro atoms. The van der Waals surface area contributed by atoms with Crippen LogP contribution < -0.4 is 0 Å². The van der Waals surface area contributed by atoms with E-state index in [1.165, 1.54) is 49.5 Å². The zero-order valence-electron chi connectivity index (χ0n) is 28.4. The highest BCUT2D eigenvalue weighted by molar-refractivity contribution is 6.07. The third-order valence-corrected chi connectivity index (χ3v) is 10.8. The van der Waals surface area contributed by atoms with Crippen molar-refractivity contribution in [1.82, 2.24) is 15.0 Å². The summed E-state index contributed by atoms with van der Waals surface area (Å²) in [5, 5.41) is 6.03. The van der Waals surface area contributed by atoms with Crippen LogP contribution in [0.2, 0.25) is 0 Å². The Kier molecular flexibility index (Phi) is 6.53. The lowest BCUT2D eigenvalue weighted by Gasteiger charge is -2.22. The zero-order chi connectivity index (χ0) is 34.1. The van der Waals surface area contributed by atoms with Crippen molar-refractivity contribution < 1.29 is 0 Å². The predicted octanol–water partition coefficient (Wildman–Crippen LogP) is 12.3. The Labute approximate surface area is 297 Å². The van der Waals surface area contributed by atoms with Gasteiger partial charge in [0, 0.05) is 33.7 Å². The third-order valence-electron chi connectivity index (χ3n) is 10.8. The second-order valence-corrected chi connectivity index (χ2v) is 14.0. The van der Waals surface area contributed by atoms with Crippen LogP contribution in [-0.2, 0) is 5.41 Å². The van der Waals surface area contributed by atoms with E-state index in [4.69, 9.17) is 9.97 Å². The van der Waals surface area contributed by atoms with Crippen LogP contribution in [-0.4, -0.2) is 15.0 Å². The molecule has 0 unspecified atom stereocenters. The van der Waals surface area contributed by atoms with Crippen molar-refractivity contribution in [1.29, 1.82) is 0 Å². The largest absolute Gasteiger partial charge is 0.256 e. The molecule has 51 heavy (non-hydrogen) atoms. The van der Waals surface area contributed by atoms with Crippen molar-refractivity contribution in [2.75, 3.05) is 0 Å². The fraction of sp³-hybridized carbons (Fsp3) is 0.0625. The van der Waals surface area contributed by atoms with E-state index in [0.717, 1.165) is 44.4 Å². The van der Waals surface area contributed by atoms with E-state index in [1.807, 2.05) is 36.5 Å². The van der Waals surface area contributed by atoms with Crippen molar-refractivity contribution in [2.45, 2.75) is 19.3 Å². The lowest BCUT2D eigenvalue weighted by Crippen LogP contribution is -2.15. The zero-order valence-corrected chi connectivity index (χ0v) is 28.4. The molecule has 0 atom stereocenters. The molecule has 9 aromatic rings. The van der Waals surface area contributed by atoms with Crippen molar-refractivity contribution >= 4 is 32.4 Å². The van der Waals surface area contributed by atoms with Crippen molar-refractivity contribution in [3.63, 3.8) is 0 Å². The smallest absolute Gasteiger partial charge is 0.160 e. The van der Waals surface area contributed by atoms with Crippen LogP contribution in [0.4, 0.5) is 0 Å². The number of nitrogens with zero attached hydrogens (tertiary/aromatic N) is 3. The van der Waals surface area contributed by atoms with Crippen LogP contribution in [0.5, 0.6) is 0 Å². The number of hydrogen-bond acceptors (Lipinski definition) is 3. The van der Waals surface area contributed by atoms with Gasteiger partial charge in [-0.05, 0) is 79.2 Å². The molecule has 0 radical (unpaired) electrons. The molecule has 0 N–H and O–H groups in total. The molecule has 0 aliphatic heterocycles. The van der Waals surface area contributed by atoms with Crippen molar-refractivity contribution in [3.8, 4) is 56.2 Å². The van der Waals surface area contributed by atoms with Gasteiger partial charge in [-0.3, -0.25) is 4.98 Å². The molecule has 7 aromatic carbocycles. The van der Waals surface area contributed by atoms with Gasteiger partial charge in [-0.15, -0.1) is 0 Å². The second-order valence-electron chi connectivity index (χ2n) is 14.0. The Balaban J connectivity index is 1.15. The molecule has 0 saturated heterocycles. The number of aromatic nitrogens is 3. The summed E-state index contributed by atoms with van der Waals surface area (Å²) < 4.78 is 0.